The van der Waals surface area contributed by atoms with E-state index in [0.717, 1.165) is 19.3 Å². The molecule has 0 atom stereocenters. The van der Waals surface area contributed by atoms with E-state index in [1.165, 1.54) is 5.56 Å². The Morgan fingerprint density at radius 1 is 1.22 bits per heavy atom. The summed E-state index contributed by atoms with van der Waals surface area (Å²) in [5.74, 6) is -1.14. The predicted molar refractivity (Wildman–Crippen MR) is 69.6 cm³/mol. The monoisotopic (exact) mass is 249 g/mol. The van der Waals surface area contributed by atoms with Crippen molar-refractivity contribution in [1.82, 2.24) is 5.32 Å². The molecule has 4 nitrogen and oxygen atoms in total. The van der Waals surface area contributed by atoms with Crippen LogP contribution in [0, 0.1) is 0 Å². The van der Waals surface area contributed by atoms with Gasteiger partial charge in [0, 0.05) is 12.1 Å². The van der Waals surface area contributed by atoms with Crippen molar-refractivity contribution in [2.75, 3.05) is 6.54 Å². The normalized spacial score (nSPS) is 10.1. The third-order valence-corrected chi connectivity index (χ3v) is 2.66. The summed E-state index contributed by atoms with van der Waals surface area (Å²) in [6, 6.07) is 7.45. The highest BCUT2D eigenvalue weighted by molar-refractivity contribution is 5.94. The van der Waals surface area contributed by atoms with Crippen LogP contribution in [0.3, 0.4) is 0 Å². The van der Waals surface area contributed by atoms with E-state index in [1.54, 1.807) is 12.1 Å². The molecule has 2 N–H and O–H groups in total. The Balaban J connectivity index is 2.46. The molecule has 1 rings (SSSR count). The summed E-state index contributed by atoms with van der Waals surface area (Å²) in [5, 5.41) is 11.0. The molecule has 0 radical (unpaired) electrons. The minimum atomic E-state index is -0.912. The van der Waals surface area contributed by atoms with Gasteiger partial charge in [0.05, 0.1) is 6.42 Å². The van der Waals surface area contributed by atoms with E-state index in [2.05, 4.69) is 12.2 Å². The van der Waals surface area contributed by atoms with Gasteiger partial charge in [-0.05, 0) is 30.5 Å². The molecule has 0 saturated heterocycles. The lowest BCUT2D eigenvalue weighted by molar-refractivity contribution is -0.136. The van der Waals surface area contributed by atoms with E-state index in [0.29, 0.717) is 5.56 Å². The van der Waals surface area contributed by atoms with E-state index < -0.39 is 5.97 Å². The number of benzene rings is 1. The fourth-order valence-corrected chi connectivity index (χ4v) is 1.59. The predicted octanol–water partition coefficient (Wildman–Crippen LogP) is 2.23. The highest BCUT2D eigenvalue weighted by Gasteiger charge is 2.05. The van der Waals surface area contributed by atoms with Gasteiger partial charge < -0.3 is 10.4 Å². The summed E-state index contributed by atoms with van der Waals surface area (Å²) in [5.41, 5.74) is 1.79. The van der Waals surface area contributed by atoms with Crippen molar-refractivity contribution in [3.8, 4) is 0 Å². The quantitative estimate of drug-likeness (QED) is 0.778. The van der Waals surface area contributed by atoms with Gasteiger partial charge in [-0.1, -0.05) is 25.5 Å². The molecule has 0 saturated carbocycles. The largest absolute Gasteiger partial charge is 0.481 e. The average Bonchev–Trinajstić information content (AvgIpc) is 2.36. The fraction of sp³-hybridized carbons (Fsp3) is 0.429. The van der Waals surface area contributed by atoms with Crippen molar-refractivity contribution in [1.29, 1.82) is 0 Å². The second kappa shape index (κ2) is 7.48. The fourth-order valence-electron chi connectivity index (χ4n) is 1.59. The lowest BCUT2D eigenvalue weighted by Gasteiger charge is -2.05. The van der Waals surface area contributed by atoms with Crippen LogP contribution in [0.5, 0.6) is 0 Å². The first-order valence-electron chi connectivity index (χ1n) is 6.22. The van der Waals surface area contributed by atoms with Gasteiger partial charge in [0.2, 0.25) is 0 Å². The summed E-state index contributed by atoms with van der Waals surface area (Å²) >= 11 is 0. The molecule has 1 aromatic rings. The minimum absolute atomic E-state index is 0.0552. The number of carboxylic acids is 1. The van der Waals surface area contributed by atoms with Gasteiger partial charge in [-0.25, -0.2) is 0 Å². The summed E-state index contributed by atoms with van der Waals surface area (Å²) < 4.78 is 0. The molecular weight excluding hydrogens is 230 g/mol. The first kappa shape index (κ1) is 14.2. The first-order valence-corrected chi connectivity index (χ1v) is 6.22. The standard InChI is InChI=1S/C14H19NO3/c1-2-3-4-11-5-7-12(8-6-11)14(18)15-10-9-13(16)17/h5-8H,2-4,9-10H2,1H3,(H,15,18)(H,16,17). The van der Waals surface area contributed by atoms with Gasteiger partial charge in [0.15, 0.2) is 0 Å². The molecule has 0 heterocycles. The van der Waals surface area contributed by atoms with Crippen molar-refractivity contribution < 1.29 is 14.7 Å². The van der Waals surface area contributed by atoms with Crippen molar-refractivity contribution in [3.05, 3.63) is 35.4 Å². The van der Waals surface area contributed by atoms with Crippen molar-refractivity contribution in [2.24, 2.45) is 0 Å². The number of hydrogen-bond acceptors (Lipinski definition) is 2. The molecule has 0 spiro atoms. The lowest BCUT2D eigenvalue weighted by atomic mass is 10.1. The zero-order valence-electron chi connectivity index (χ0n) is 10.6. The molecule has 0 aliphatic carbocycles. The van der Waals surface area contributed by atoms with E-state index in [1.807, 2.05) is 12.1 Å². The smallest absolute Gasteiger partial charge is 0.305 e. The Kier molecular flexibility index (Phi) is 5.91. The number of carbonyl (C=O) groups excluding carboxylic acids is 1. The molecule has 1 amide bonds. The molecule has 0 fully saturated rings. The number of rotatable bonds is 7. The van der Waals surface area contributed by atoms with Crippen LogP contribution in [0.2, 0.25) is 0 Å². The molecule has 4 heteroatoms. The summed E-state index contributed by atoms with van der Waals surface area (Å²) in [7, 11) is 0. The number of carboxylic acid groups (broad SMARTS) is 1. The molecule has 1 aromatic carbocycles. The highest BCUT2D eigenvalue weighted by Crippen LogP contribution is 2.07. The summed E-state index contributed by atoms with van der Waals surface area (Å²) in [6.07, 6.45) is 3.26. The molecule has 0 aliphatic rings. The molecular formula is C14H19NO3. The second-order valence-electron chi connectivity index (χ2n) is 4.20. The lowest BCUT2D eigenvalue weighted by Crippen LogP contribution is -2.25. The third-order valence-electron chi connectivity index (χ3n) is 2.66. The van der Waals surface area contributed by atoms with Crippen molar-refractivity contribution in [3.63, 3.8) is 0 Å². The molecule has 0 aromatic heterocycles. The topological polar surface area (TPSA) is 66.4 Å². The number of aryl methyl sites for hydroxylation is 1. The Bertz CT molecular complexity index is 398. The van der Waals surface area contributed by atoms with Crippen LogP contribution in [0.25, 0.3) is 0 Å². The van der Waals surface area contributed by atoms with E-state index in [9.17, 15) is 9.59 Å². The molecule has 0 unspecified atom stereocenters. The Labute approximate surface area is 107 Å². The Hall–Kier alpha value is -1.84. The summed E-state index contributed by atoms with van der Waals surface area (Å²) in [6.45, 7) is 2.30. The first-order chi connectivity index (χ1) is 8.63. The van der Waals surface area contributed by atoms with Crippen LogP contribution in [0.1, 0.15) is 42.1 Å². The maximum atomic E-state index is 11.6. The zero-order chi connectivity index (χ0) is 13.4. The number of aliphatic carboxylic acids is 1. The van der Waals surface area contributed by atoms with Crippen LogP contribution in [-0.2, 0) is 11.2 Å². The number of amides is 1. The van der Waals surface area contributed by atoms with Gasteiger partial charge in [-0.15, -0.1) is 0 Å². The molecule has 0 aliphatic heterocycles. The van der Waals surface area contributed by atoms with E-state index in [-0.39, 0.29) is 18.9 Å². The average molecular weight is 249 g/mol. The maximum Gasteiger partial charge on any atom is 0.305 e. The van der Waals surface area contributed by atoms with Crippen LogP contribution >= 0.6 is 0 Å². The summed E-state index contributed by atoms with van der Waals surface area (Å²) in [4.78, 5) is 22.0. The van der Waals surface area contributed by atoms with Gasteiger partial charge in [-0.2, -0.15) is 0 Å². The molecule has 0 bridgehead atoms. The van der Waals surface area contributed by atoms with Gasteiger partial charge in [0.25, 0.3) is 5.91 Å². The van der Waals surface area contributed by atoms with E-state index >= 15 is 0 Å². The molecule has 98 valence electrons. The second-order valence-corrected chi connectivity index (χ2v) is 4.20. The van der Waals surface area contributed by atoms with Crippen molar-refractivity contribution >= 4 is 11.9 Å². The third kappa shape index (κ3) is 4.99. The van der Waals surface area contributed by atoms with Gasteiger partial charge >= 0.3 is 5.97 Å². The van der Waals surface area contributed by atoms with Crippen LogP contribution in [0.4, 0.5) is 0 Å². The van der Waals surface area contributed by atoms with Gasteiger partial charge in [-0.3, -0.25) is 9.59 Å². The number of hydrogen-bond donors (Lipinski definition) is 2. The number of carbonyl (C=O) groups is 2. The number of nitrogens with one attached hydrogen (secondary N) is 1. The minimum Gasteiger partial charge on any atom is -0.481 e. The van der Waals surface area contributed by atoms with Crippen LogP contribution in [0.15, 0.2) is 24.3 Å². The molecule has 18 heavy (non-hydrogen) atoms. The number of unbranched alkanes of at least 4 members (excludes halogenated alkanes) is 1. The maximum absolute atomic E-state index is 11.6. The van der Waals surface area contributed by atoms with Crippen LogP contribution < -0.4 is 5.32 Å². The van der Waals surface area contributed by atoms with Crippen molar-refractivity contribution in [2.45, 2.75) is 32.6 Å². The SMILES string of the molecule is CCCCc1ccc(C(=O)NCCC(=O)O)cc1. The van der Waals surface area contributed by atoms with Crippen LogP contribution in [-0.4, -0.2) is 23.5 Å². The Morgan fingerprint density at radius 3 is 2.44 bits per heavy atom. The Morgan fingerprint density at radius 2 is 1.89 bits per heavy atom. The zero-order valence-corrected chi connectivity index (χ0v) is 10.6. The van der Waals surface area contributed by atoms with E-state index in [4.69, 9.17) is 5.11 Å². The van der Waals surface area contributed by atoms with Gasteiger partial charge in [0.1, 0.15) is 0 Å². The highest BCUT2D eigenvalue weighted by atomic mass is 16.4.